The predicted molar refractivity (Wildman–Crippen MR) is 101 cm³/mol. The van der Waals surface area contributed by atoms with Gasteiger partial charge in [-0.25, -0.2) is 13.2 Å². The third kappa shape index (κ3) is 4.82. The van der Waals surface area contributed by atoms with E-state index >= 15 is 0 Å². The average Bonchev–Trinajstić information content (AvgIpc) is 2.50. The molecular weight excluding hydrogens is 336 g/mol. The van der Waals surface area contributed by atoms with Crippen molar-refractivity contribution < 1.29 is 13.2 Å². The molecule has 25 heavy (non-hydrogen) atoms. The Hall–Kier alpha value is -2.34. The fraction of sp³-hybridized carbons (Fsp3) is 0.316. The van der Waals surface area contributed by atoms with Crippen molar-refractivity contribution in [2.45, 2.75) is 38.6 Å². The second kappa shape index (κ2) is 7.27. The van der Waals surface area contributed by atoms with E-state index in [4.69, 9.17) is 0 Å². The maximum atomic E-state index is 12.3. The van der Waals surface area contributed by atoms with Crippen LogP contribution in [0.1, 0.15) is 35.2 Å². The zero-order valence-electron chi connectivity index (χ0n) is 15.2. The molecule has 0 heterocycles. The largest absolute Gasteiger partial charge is 0.331 e. The van der Waals surface area contributed by atoms with Crippen LogP contribution >= 0.6 is 0 Å². The van der Waals surface area contributed by atoms with Crippen LogP contribution in [0, 0.1) is 20.8 Å². The summed E-state index contributed by atoms with van der Waals surface area (Å²) < 4.78 is 23.0. The van der Waals surface area contributed by atoms with Crippen LogP contribution in [0.4, 0.5) is 10.5 Å². The quantitative estimate of drug-likeness (QED) is 0.868. The van der Waals surface area contributed by atoms with E-state index in [0.29, 0.717) is 0 Å². The molecule has 0 bridgehead atoms. The van der Waals surface area contributed by atoms with Crippen LogP contribution in [0.5, 0.6) is 0 Å². The van der Waals surface area contributed by atoms with Gasteiger partial charge in [0.05, 0.1) is 10.9 Å². The molecule has 0 saturated carbocycles. The van der Waals surface area contributed by atoms with Crippen molar-refractivity contribution in [1.82, 2.24) is 5.32 Å². The summed E-state index contributed by atoms with van der Waals surface area (Å²) in [4.78, 5) is 12.6. The zero-order valence-corrected chi connectivity index (χ0v) is 16.0. The Morgan fingerprint density at radius 2 is 1.52 bits per heavy atom. The molecule has 1 unspecified atom stereocenters. The van der Waals surface area contributed by atoms with Crippen molar-refractivity contribution in [2.24, 2.45) is 0 Å². The first-order valence-electron chi connectivity index (χ1n) is 8.03. The van der Waals surface area contributed by atoms with Gasteiger partial charge in [0, 0.05) is 11.9 Å². The van der Waals surface area contributed by atoms with Gasteiger partial charge in [-0.3, -0.25) is 0 Å². The molecule has 134 valence electrons. The third-order valence-corrected chi connectivity index (χ3v) is 5.20. The molecule has 6 heteroatoms. The molecule has 0 spiro atoms. The fourth-order valence-electron chi connectivity index (χ4n) is 2.81. The molecular formula is C19H24N2O3S. The maximum absolute atomic E-state index is 12.3. The lowest BCUT2D eigenvalue weighted by atomic mass is 10.1. The van der Waals surface area contributed by atoms with E-state index in [1.165, 1.54) is 6.26 Å². The highest BCUT2D eigenvalue weighted by Gasteiger charge is 2.13. The number of aryl methyl sites for hydroxylation is 3. The molecule has 2 amide bonds. The lowest BCUT2D eigenvalue weighted by Gasteiger charge is -2.17. The third-order valence-electron chi connectivity index (χ3n) is 4.07. The van der Waals surface area contributed by atoms with Gasteiger partial charge in [-0.05, 0) is 56.5 Å². The number of urea groups is 1. The fourth-order valence-corrected chi connectivity index (χ4v) is 3.44. The summed E-state index contributed by atoms with van der Waals surface area (Å²) >= 11 is 0. The summed E-state index contributed by atoms with van der Waals surface area (Å²) in [5.41, 5.74) is 4.82. The highest BCUT2D eigenvalue weighted by atomic mass is 32.2. The Bertz CT molecular complexity index is 864. The number of sulfone groups is 1. The van der Waals surface area contributed by atoms with Crippen LogP contribution in [-0.2, 0) is 9.84 Å². The minimum absolute atomic E-state index is 0.250. The van der Waals surface area contributed by atoms with Crippen LogP contribution in [0.3, 0.4) is 0 Å². The molecule has 0 aromatic heterocycles. The van der Waals surface area contributed by atoms with Crippen molar-refractivity contribution in [3.63, 3.8) is 0 Å². The van der Waals surface area contributed by atoms with Crippen LogP contribution in [0.15, 0.2) is 41.3 Å². The molecule has 2 N–H and O–H groups in total. The van der Waals surface area contributed by atoms with Gasteiger partial charge in [-0.1, -0.05) is 29.8 Å². The number of benzene rings is 2. The number of hydrogen-bond acceptors (Lipinski definition) is 3. The first-order valence-corrected chi connectivity index (χ1v) is 9.92. The molecule has 2 aromatic carbocycles. The van der Waals surface area contributed by atoms with Crippen LogP contribution < -0.4 is 10.6 Å². The van der Waals surface area contributed by atoms with Gasteiger partial charge >= 0.3 is 6.03 Å². The smallest absolute Gasteiger partial charge is 0.319 e. The number of hydrogen-bond donors (Lipinski definition) is 2. The number of amides is 2. The SMILES string of the molecule is Cc1cc(C)c(NC(=O)NC(C)c2ccc(S(C)(=O)=O)cc2)c(C)c1. The minimum Gasteiger partial charge on any atom is -0.331 e. The molecule has 5 nitrogen and oxygen atoms in total. The number of carbonyl (C=O) groups excluding carboxylic acids is 1. The Morgan fingerprint density at radius 1 is 1.00 bits per heavy atom. The van der Waals surface area contributed by atoms with Crippen LogP contribution in [-0.4, -0.2) is 20.7 Å². The van der Waals surface area contributed by atoms with Gasteiger partial charge in [0.25, 0.3) is 0 Å². The minimum atomic E-state index is -3.22. The average molecular weight is 360 g/mol. The summed E-state index contributed by atoms with van der Waals surface area (Å²) in [5, 5.41) is 5.77. The summed E-state index contributed by atoms with van der Waals surface area (Å²) in [6.45, 7) is 7.79. The molecule has 2 aromatic rings. The van der Waals surface area contributed by atoms with E-state index in [9.17, 15) is 13.2 Å². The first-order chi connectivity index (χ1) is 11.6. The lowest BCUT2D eigenvalue weighted by molar-refractivity contribution is 0.249. The highest BCUT2D eigenvalue weighted by molar-refractivity contribution is 7.90. The van der Waals surface area contributed by atoms with E-state index < -0.39 is 9.84 Å². The lowest BCUT2D eigenvalue weighted by Crippen LogP contribution is -2.31. The van der Waals surface area contributed by atoms with Gasteiger partial charge < -0.3 is 10.6 Å². The Morgan fingerprint density at radius 3 is 2.00 bits per heavy atom. The predicted octanol–water partition coefficient (Wildman–Crippen LogP) is 3.90. The molecule has 1 atom stereocenters. The number of rotatable bonds is 4. The van der Waals surface area contributed by atoms with Gasteiger partial charge in [0.1, 0.15) is 0 Å². The normalized spacial score (nSPS) is 12.5. The summed E-state index contributed by atoms with van der Waals surface area (Å²) in [6, 6.07) is 10.0. The van der Waals surface area contributed by atoms with E-state index in [-0.39, 0.29) is 17.0 Å². The molecule has 0 saturated heterocycles. The number of carbonyl (C=O) groups is 1. The number of nitrogens with one attached hydrogen (secondary N) is 2. The van der Waals surface area contributed by atoms with Crippen molar-refractivity contribution in [1.29, 1.82) is 0 Å². The molecule has 0 radical (unpaired) electrons. The second-order valence-corrected chi connectivity index (χ2v) is 8.45. The highest BCUT2D eigenvalue weighted by Crippen LogP contribution is 2.22. The van der Waals surface area contributed by atoms with Gasteiger partial charge in [-0.2, -0.15) is 0 Å². The topological polar surface area (TPSA) is 75.3 Å². The van der Waals surface area contributed by atoms with Crippen molar-refractivity contribution in [2.75, 3.05) is 11.6 Å². The standard InChI is InChI=1S/C19H24N2O3S/c1-12-10-13(2)18(14(3)11-12)21-19(22)20-15(4)16-6-8-17(9-7-16)25(5,23)24/h6-11,15H,1-5H3,(H2,20,21,22). The van der Waals surface area contributed by atoms with E-state index in [1.807, 2.05) is 39.8 Å². The Balaban J connectivity index is 2.08. The molecule has 0 aliphatic heterocycles. The first kappa shape index (κ1) is 19.0. The zero-order chi connectivity index (χ0) is 18.8. The second-order valence-electron chi connectivity index (χ2n) is 6.44. The van der Waals surface area contributed by atoms with E-state index in [0.717, 1.165) is 27.9 Å². The van der Waals surface area contributed by atoms with Crippen LogP contribution in [0.2, 0.25) is 0 Å². The summed E-state index contributed by atoms with van der Waals surface area (Å²) in [5.74, 6) is 0. The van der Waals surface area contributed by atoms with Crippen molar-refractivity contribution in [3.05, 3.63) is 58.7 Å². The molecule has 0 aliphatic carbocycles. The number of anilines is 1. The van der Waals surface area contributed by atoms with Crippen molar-refractivity contribution in [3.8, 4) is 0 Å². The Kier molecular flexibility index (Phi) is 5.52. The molecule has 0 aliphatic rings. The van der Waals surface area contributed by atoms with E-state index in [2.05, 4.69) is 10.6 Å². The molecule has 2 rings (SSSR count). The van der Waals surface area contributed by atoms with E-state index in [1.54, 1.807) is 24.3 Å². The maximum Gasteiger partial charge on any atom is 0.319 e. The van der Waals surface area contributed by atoms with Crippen LogP contribution in [0.25, 0.3) is 0 Å². The van der Waals surface area contributed by atoms with Gasteiger partial charge in [-0.15, -0.1) is 0 Å². The Labute approximate surface area is 149 Å². The monoisotopic (exact) mass is 360 g/mol. The van der Waals surface area contributed by atoms with Crippen molar-refractivity contribution >= 4 is 21.6 Å². The van der Waals surface area contributed by atoms with Gasteiger partial charge in [0.2, 0.25) is 0 Å². The summed E-state index contributed by atoms with van der Waals surface area (Å²) in [6.07, 6.45) is 1.17. The van der Waals surface area contributed by atoms with Gasteiger partial charge in [0.15, 0.2) is 9.84 Å². The molecule has 0 fully saturated rings. The summed E-state index contributed by atoms with van der Waals surface area (Å²) in [7, 11) is -3.22.